The standard InChI is InChI=1S/C28H20N2O4S/c1-32-18-13-11-17(12-14-18)22-23-25(19-9-5-6-10-21(19)33-28(23)31)34-26(29)24(22)27-30-20(15-35-27)16-7-3-2-4-8-16/h2-15,22H,29H2,1H3/t22-/m1/s1. The minimum absolute atomic E-state index is 0.211. The number of allylic oxidation sites excluding steroid dienone is 1. The Morgan fingerprint density at radius 3 is 2.49 bits per heavy atom. The number of nitrogens with two attached hydrogens (primary N) is 1. The van der Waals surface area contributed by atoms with E-state index in [2.05, 4.69) is 0 Å². The average molecular weight is 481 g/mol. The summed E-state index contributed by atoms with van der Waals surface area (Å²) >= 11 is 1.46. The smallest absolute Gasteiger partial charge is 0.344 e. The molecule has 5 aromatic rings. The number of methoxy groups -OCH3 is 1. The Morgan fingerprint density at radius 1 is 0.971 bits per heavy atom. The minimum Gasteiger partial charge on any atom is -0.497 e. The molecular formula is C28H20N2O4S. The van der Waals surface area contributed by atoms with E-state index in [1.165, 1.54) is 11.3 Å². The third-order valence-corrected chi connectivity index (χ3v) is 6.98. The first-order valence-electron chi connectivity index (χ1n) is 11.0. The van der Waals surface area contributed by atoms with Crippen LogP contribution in [0.2, 0.25) is 0 Å². The van der Waals surface area contributed by atoms with Crippen molar-refractivity contribution in [2.75, 3.05) is 7.11 Å². The number of thiazole rings is 1. The maximum Gasteiger partial charge on any atom is 0.344 e. The molecule has 6 nitrogen and oxygen atoms in total. The molecule has 1 atom stereocenters. The Hall–Kier alpha value is -4.36. The number of benzene rings is 3. The van der Waals surface area contributed by atoms with Gasteiger partial charge >= 0.3 is 5.63 Å². The zero-order valence-corrected chi connectivity index (χ0v) is 19.5. The summed E-state index contributed by atoms with van der Waals surface area (Å²) in [5.74, 6) is 0.813. The summed E-state index contributed by atoms with van der Waals surface area (Å²) in [5, 5.41) is 3.35. The van der Waals surface area contributed by atoms with Crippen LogP contribution in [0.4, 0.5) is 0 Å². The van der Waals surface area contributed by atoms with Crippen LogP contribution in [0.1, 0.15) is 22.1 Å². The summed E-state index contributed by atoms with van der Waals surface area (Å²) in [6.45, 7) is 0. The first kappa shape index (κ1) is 21.2. The van der Waals surface area contributed by atoms with E-state index in [9.17, 15) is 4.79 Å². The van der Waals surface area contributed by atoms with Crippen molar-refractivity contribution in [2.45, 2.75) is 5.92 Å². The van der Waals surface area contributed by atoms with Crippen LogP contribution in [0.25, 0.3) is 27.8 Å². The minimum atomic E-state index is -0.528. The number of ether oxygens (including phenoxy) is 2. The normalized spacial score (nSPS) is 15.1. The van der Waals surface area contributed by atoms with Gasteiger partial charge in [0.1, 0.15) is 16.3 Å². The Morgan fingerprint density at radius 2 is 1.71 bits per heavy atom. The molecule has 0 aliphatic carbocycles. The molecule has 0 fully saturated rings. The number of aromatic nitrogens is 1. The van der Waals surface area contributed by atoms with Crippen LogP contribution in [-0.4, -0.2) is 12.1 Å². The lowest BCUT2D eigenvalue weighted by Gasteiger charge is -2.28. The van der Waals surface area contributed by atoms with Crippen molar-refractivity contribution in [1.82, 2.24) is 4.98 Å². The summed E-state index contributed by atoms with van der Waals surface area (Å²) in [5.41, 5.74) is 10.3. The first-order chi connectivity index (χ1) is 17.1. The van der Waals surface area contributed by atoms with E-state index in [-0.39, 0.29) is 5.88 Å². The fraction of sp³-hybridized carbons (Fsp3) is 0.0714. The Labute approximate surface area is 204 Å². The fourth-order valence-electron chi connectivity index (χ4n) is 4.44. The van der Waals surface area contributed by atoms with Crippen LogP contribution in [0.5, 0.6) is 11.5 Å². The summed E-state index contributed by atoms with van der Waals surface area (Å²) in [7, 11) is 1.61. The molecular weight excluding hydrogens is 460 g/mol. The molecule has 0 amide bonds. The molecule has 2 aromatic heterocycles. The van der Waals surface area contributed by atoms with Crippen molar-refractivity contribution in [3.63, 3.8) is 0 Å². The lowest BCUT2D eigenvalue weighted by molar-refractivity contribution is 0.399. The largest absolute Gasteiger partial charge is 0.497 e. The highest BCUT2D eigenvalue weighted by Gasteiger charge is 2.37. The Balaban J connectivity index is 1.58. The van der Waals surface area contributed by atoms with Gasteiger partial charge in [-0.2, -0.15) is 0 Å². The third kappa shape index (κ3) is 3.57. The predicted molar refractivity (Wildman–Crippen MR) is 137 cm³/mol. The molecule has 0 saturated carbocycles. The second-order valence-corrected chi connectivity index (χ2v) is 8.98. The summed E-state index contributed by atoms with van der Waals surface area (Å²) in [6, 6.07) is 24.8. The second kappa shape index (κ2) is 8.45. The average Bonchev–Trinajstić information content (AvgIpc) is 3.38. The molecule has 0 saturated heterocycles. The number of rotatable bonds is 4. The number of nitrogens with zero attached hydrogens (tertiary/aromatic N) is 1. The molecule has 3 aromatic carbocycles. The molecule has 0 spiro atoms. The molecule has 172 valence electrons. The Bertz CT molecular complexity index is 1640. The van der Waals surface area contributed by atoms with Gasteiger partial charge in [0.15, 0.2) is 11.6 Å². The molecule has 0 unspecified atom stereocenters. The third-order valence-electron chi connectivity index (χ3n) is 6.11. The van der Waals surface area contributed by atoms with Crippen LogP contribution < -0.4 is 20.8 Å². The van der Waals surface area contributed by atoms with Gasteiger partial charge in [-0.25, -0.2) is 9.78 Å². The van der Waals surface area contributed by atoms with E-state index in [1.807, 2.05) is 78.2 Å². The van der Waals surface area contributed by atoms with Gasteiger partial charge in [-0.15, -0.1) is 11.3 Å². The zero-order valence-electron chi connectivity index (χ0n) is 18.7. The molecule has 6 rings (SSSR count). The monoisotopic (exact) mass is 480 g/mol. The number of hydrogen-bond donors (Lipinski definition) is 1. The van der Waals surface area contributed by atoms with Gasteiger partial charge in [-0.05, 0) is 29.8 Å². The first-order valence-corrected chi connectivity index (χ1v) is 11.9. The van der Waals surface area contributed by atoms with E-state index >= 15 is 0 Å². The van der Waals surface area contributed by atoms with Crippen molar-refractivity contribution in [3.05, 3.63) is 117 Å². The van der Waals surface area contributed by atoms with Crippen LogP contribution in [0.3, 0.4) is 0 Å². The van der Waals surface area contributed by atoms with Gasteiger partial charge in [0.25, 0.3) is 0 Å². The Kier molecular flexibility index (Phi) is 5.12. The summed E-state index contributed by atoms with van der Waals surface area (Å²) < 4.78 is 17.2. The second-order valence-electron chi connectivity index (χ2n) is 8.12. The molecule has 1 aliphatic heterocycles. The SMILES string of the molecule is COc1ccc([C@H]2C(c3nc(-c4ccccc4)cs3)=C(N)Oc3c2c(=O)oc2ccccc32)cc1. The van der Waals surface area contributed by atoms with Crippen molar-refractivity contribution in [2.24, 2.45) is 5.73 Å². The van der Waals surface area contributed by atoms with E-state index in [0.717, 1.165) is 16.8 Å². The van der Waals surface area contributed by atoms with Gasteiger partial charge < -0.3 is 19.6 Å². The highest BCUT2D eigenvalue weighted by atomic mass is 32.1. The van der Waals surface area contributed by atoms with E-state index in [1.54, 1.807) is 13.2 Å². The topological polar surface area (TPSA) is 87.6 Å². The van der Waals surface area contributed by atoms with E-state index < -0.39 is 11.5 Å². The highest BCUT2D eigenvalue weighted by molar-refractivity contribution is 7.11. The van der Waals surface area contributed by atoms with Crippen molar-refractivity contribution in [3.8, 4) is 22.8 Å². The lowest BCUT2D eigenvalue weighted by atomic mass is 9.83. The quantitative estimate of drug-likeness (QED) is 0.328. The van der Waals surface area contributed by atoms with Gasteiger partial charge in [0, 0.05) is 10.9 Å². The molecule has 3 heterocycles. The molecule has 2 N–H and O–H groups in total. The summed E-state index contributed by atoms with van der Waals surface area (Å²) in [6.07, 6.45) is 0. The maximum atomic E-state index is 13.3. The van der Waals surface area contributed by atoms with Gasteiger partial charge in [0.2, 0.25) is 0 Å². The van der Waals surface area contributed by atoms with Crippen LogP contribution in [0.15, 0.2) is 99.3 Å². The molecule has 0 bridgehead atoms. The van der Waals surface area contributed by atoms with Crippen molar-refractivity contribution < 1.29 is 13.9 Å². The molecule has 35 heavy (non-hydrogen) atoms. The van der Waals surface area contributed by atoms with Crippen LogP contribution in [-0.2, 0) is 0 Å². The van der Waals surface area contributed by atoms with Crippen LogP contribution >= 0.6 is 11.3 Å². The highest BCUT2D eigenvalue weighted by Crippen LogP contribution is 2.48. The molecule has 7 heteroatoms. The van der Waals surface area contributed by atoms with E-state index in [4.69, 9.17) is 24.6 Å². The van der Waals surface area contributed by atoms with Gasteiger partial charge in [0.05, 0.1) is 35.2 Å². The zero-order chi connectivity index (χ0) is 23.9. The summed E-state index contributed by atoms with van der Waals surface area (Å²) in [4.78, 5) is 18.2. The van der Waals surface area contributed by atoms with Gasteiger partial charge in [-0.3, -0.25) is 0 Å². The fourth-order valence-corrected chi connectivity index (χ4v) is 5.35. The lowest BCUT2D eigenvalue weighted by Crippen LogP contribution is -2.26. The number of fused-ring (bicyclic) bond motifs is 3. The predicted octanol–water partition coefficient (Wildman–Crippen LogP) is 5.78. The molecule has 1 aliphatic rings. The van der Waals surface area contributed by atoms with Crippen molar-refractivity contribution in [1.29, 1.82) is 0 Å². The maximum absolute atomic E-state index is 13.3. The molecule has 0 radical (unpaired) electrons. The van der Waals surface area contributed by atoms with Crippen LogP contribution in [0, 0.1) is 0 Å². The van der Waals surface area contributed by atoms with Gasteiger partial charge in [-0.1, -0.05) is 54.6 Å². The van der Waals surface area contributed by atoms with E-state index in [0.29, 0.717) is 38.6 Å². The number of hydrogen-bond acceptors (Lipinski definition) is 7. The number of para-hydroxylation sites is 1. The van der Waals surface area contributed by atoms with Crippen molar-refractivity contribution >= 4 is 27.9 Å².